The fourth-order valence-electron chi connectivity index (χ4n) is 2.28. The maximum Gasteiger partial charge on any atom is 0.417 e. The molecule has 4 nitrogen and oxygen atoms in total. The van der Waals surface area contributed by atoms with Crippen molar-refractivity contribution < 1.29 is 13.2 Å². The lowest BCUT2D eigenvalue weighted by Crippen LogP contribution is -2.45. The highest BCUT2D eigenvalue weighted by molar-refractivity contribution is 5.53. The van der Waals surface area contributed by atoms with Gasteiger partial charge in [0, 0.05) is 45.0 Å². The van der Waals surface area contributed by atoms with E-state index in [1.165, 1.54) is 12.1 Å². The summed E-state index contributed by atoms with van der Waals surface area (Å²) < 4.78 is 38.5. The molecule has 0 spiro atoms. The van der Waals surface area contributed by atoms with Gasteiger partial charge in [-0.05, 0) is 18.2 Å². The summed E-state index contributed by atoms with van der Waals surface area (Å²) in [6.07, 6.45) is -4.51. The predicted octanol–water partition coefficient (Wildman–Crippen LogP) is 1.89. The number of hydrogen-bond donors (Lipinski definition) is 2. The van der Waals surface area contributed by atoms with E-state index < -0.39 is 11.7 Å². The summed E-state index contributed by atoms with van der Waals surface area (Å²) in [5, 5.41) is 15.0. The Balaban J connectivity index is 1.96. The Hall–Kier alpha value is -1.78. The summed E-state index contributed by atoms with van der Waals surface area (Å²) in [4.78, 5) is 2.25. The monoisotopic (exact) mass is 298 g/mol. The van der Waals surface area contributed by atoms with Gasteiger partial charge < -0.3 is 10.6 Å². The fourth-order valence-corrected chi connectivity index (χ4v) is 2.28. The summed E-state index contributed by atoms with van der Waals surface area (Å²) in [5.74, 6) is 0. The number of benzene rings is 1. The highest BCUT2D eigenvalue weighted by Crippen LogP contribution is 2.33. The molecule has 7 heteroatoms. The van der Waals surface area contributed by atoms with Gasteiger partial charge in [-0.3, -0.25) is 4.90 Å². The highest BCUT2D eigenvalue weighted by atomic mass is 19.4. The molecule has 1 fully saturated rings. The van der Waals surface area contributed by atoms with Crippen molar-refractivity contribution >= 4 is 5.69 Å². The molecule has 2 rings (SSSR count). The zero-order chi connectivity index (χ0) is 15.3. The summed E-state index contributed by atoms with van der Waals surface area (Å²) in [5.41, 5.74) is -0.858. The van der Waals surface area contributed by atoms with Crippen LogP contribution >= 0.6 is 0 Å². The van der Waals surface area contributed by atoms with E-state index in [0.29, 0.717) is 12.2 Å². The number of hydrogen-bond acceptors (Lipinski definition) is 4. The molecule has 0 unspecified atom stereocenters. The van der Waals surface area contributed by atoms with Crippen LogP contribution < -0.4 is 10.6 Å². The minimum atomic E-state index is -4.51. The van der Waals surface area contributed by atoms with E-state index in [1.54, 1.807) is 6.07 Å². The van der Waals surface area contributed by atoms with Crippen LogP contribution in [0.25, 0.3) is 0 Å². The van der Waals surface area contributed by atoms with E-state index in [2.05, 4.69) is 15.5 Å². The molecular weight excluding hydrogens is 281 g/mol. The lowest BCUT2D eigenvalue weighted by atomic mass is 10.1. The predicted molar refractivity (Wildman–Crippen MR) is 74.0 cm³/mol. The first-order valence-corrected chi connectivity index (χ1v) is 6.79. The van der Waals surface area contributed by atoms with Crippen LogP contribution in [0.2, 0.25) is 0 Å². The topological polar surface area (TPSA) is 51.1 Å². The normalized spacial score (nSPS) is 16.5. The van der Waals surface area contributed by atoms with Gasteiger partial charge >= 0.3 is 6.18 Å². The smallest absolute Gasteiger partial charge is 0.384 e. The molecule has 0 radical (unpaired) electrons. The van der Waals surface area contributed by atoms with Crippen molar-refractivity contribution in [3.63, 3.8) is 0 Å². The number of halogens is 3. The number of alkyl halides is 3. The van der Waals surface area contributed by atoms with Crippen molar-refractivity contribution in [2.24, 2.45) is 0 Å². The number of nitrogens with zero attached hydrogens (tertiary/aromatic N) is 2. The Labute approximate surface area is 121 Å². The Morgan fingerprint density at radius 3 is 2.62 bits per heavy atom. The first kappa shape index (κ1) is 15.6. The van der Waals surface area contributed by atoms with Crippen molar-refractivity contribution in [1.29, 1.82) is 5.26 Å². The molecule has 2 N–H and O–H groups in total. The molecule has 0 aromatic heterocycles. The third-order valence-corrected chi connectivity index (χ3v) is 3.41. The van der Waals surface area contributed by atoms with Crippen LogP contribution in [0.1, 0.15) is 11.1 Å². The zero-order valence-electron chi connectivity index (χ0n) is 11.5. The highest BCUT2D eigenvalue weighted by Gasteiger charge is 2.33. The Morgan fingerprint density at radius 1 is 1.29 bits per heavy atom. The zero-order valence-corrected chi connectivity index (χ0v) is 11.5. The number of rotatable bonds is 4. The molecule has 1 heterocycles. The lowest BCUT2D eigenvalue weighted by Gasteiger charge is -2.27. The standard InChI is InChI=1S/C14H17F3N4/c15-14(16,17)13-9-12(2-1-11(13)10-18)20-5-8-21-6-3-19-4-7-21/h1-2,9,19-20H,3-8H2. The van der Waals surface area contributed by atoms with E-state index in [9.17, 15) is 13.2 Å². The van der Waals surface area contributed by atoms with Gasteiger partial charge in [0.2, 0.25) is 0 Å². The van der Waals surface area contributed by atoms with E-state index in [1.807, 2.05) is 0 Å². The minimum absolute atomic E-state index is 0.352. The Morgan fingerprint density at radius 2 is 2.00 bits per heavy atom. The van der Waals surface area contributed by atoms with E-state index in [4.69, 9.17) is 5.26 Å². The molecule has 0 saturated carbocycles. The van der Waals surface area contributed by atoms with Gasteiger partial charge in [-0.2, -0.15) is 18.4 Å². The van der Waals surface area contributed by atoms with Crippen molar-refractivity contribution in [3.05, 3.63) is 29.3 Å². The van der Waals surface area contributed by atoms with Gasteiger partial charge in [0.15, 0.2) is 0 Å². The number of nitrogens with one attached hydrogen (secondary N) is 2. The van der Waals surface area contributed by atoms with Crippen molar-refractivity contribution in [2.75, 3.05) is 44.6 Å². The molecule has 1 saturated heterocycles. The van der Waals surface area contributed by atoms with Crippen molar-refractivity contribution in [3.8, 4) is 6.07 Å². The fraction of sp³-hybridized carbons (Fsp3) is 0.500. The van der Waals surface area contributed by atoms with Gasteiger partial charge in [0.1, 0.15) is 0 Å². The van der Waals surface area contributed by atoms with Crippen molar-refractivity contribution in [1.82, 2.24) is 10.2 Å². The molecular formula is C14H17F3N4. The van der Waals surface area contributed by atoms with Crippen LogP contribution in [0, 0.1) is 11.3 Å². The number of anilines is 1. The van der Waals surface area contributed by atoms with Gasteiger partial charge in [0.05, 0.1) is 17.2 Å². The van der Waals surface area contributed by atoms with Gasteiger partial charge in [0.25, 0.3) is 0 Å². The molecule has 0 atom stereocenters. The Bertz CT molecular complexity index is 516. The largest absolute Gasteiger partial charge is 0.417 e. The van der Waals surface area contributed by atoms with Crippen LogP contribution in [0.4, 0.5) is 18.9 Å². The van der Waals surface area contributed by atoms with Gasteiger partial charge in [-0.1, -0.05) is 0 Å². The summed E-state index contributed by atoms with van der Waals surface area (Å²) in [7, 11) is 0. The first-order valence-electron chi connectivity index (χ1n) is 6.79. The van der Waals surface area contributed by atoms with E-state index in [-0.39, 0.29) is 5.56 Å². The van der Waals surface area contributed by atoms with Gasteiger partial charge in [-0.15, -0.1) is 0 Å². The molecule has 1 aromatic rings. The third-order valence-electron chi connectivity index (χ3n) is 3.41. The van der Waals surface area contributed by atoms with Crippen molar-refractivity contribution in [2.45, 2.75) is 6.18 Å². The van der Waals surface area contributed by atoms with Gasteiger partial charge in [-0.25, -0.2) is 0 Å². The maximum atomic E-state index is 12.8. The second kappa shape index (κ2) is 6.78. The molecule has 114 valence electrons. The SMILES string of the molecule is N#Cc1ccc(NCCN2CCNCC2)cc1C(F)(F)F. The summed E-state index contributed by atoms with van der Waals surface area (Å²) in [6.45, 7) is 5.13. The quantitative estimate of drug-likeness (QED) is 0.891. The summed E-state index contributed by atoms with van der Waals surface area (Å²) in [6, 6.07) is 5.28. The van der Waals surface area contributed by atoms with Crippen LogP contribution in [-0.2, 0) is 6.18 Å². The minimum Gasteiger partial charge on any atom is -0.384 e. The average molecular weight is 298 g/mol. The lowest BCUT2D eigenvalue weighted by molar-refractivity contribution is -0.137. The molecule has 21 heavy (non-hydrogen) atoms. The maximum absolute atomic E-state index is 12.8. The van der Waals surface area contributed by atoms with Crippen LogP contribution in [-0.4, -0.2) is 44.2 Å². The van der Waals surface area contributed by atoms with Crippen LogP contribution in [0.15, 0.2) is 18.2 Å². The van der Waals surface area contributed by atoms with Crippen LogP contribution in [0.3, 0.4) is 0 Å². The molecule has 1 aliphatic heterocycles. The number of piperazine rings is 1. The summed E-state index contributed by atoms with van der Waals surface area (Å²) >= 11 is 0. The van der Waals surface area contributed by atoms with E-state index >= 15 is 0 Å². The Kier molecular flexibility index (Phi) is 5.04. The number of nitriles is 1. The molecule has 0 bridgehead atoms. The molecule has 1 aliphatic rings. The molecule has 0 aliphatic carbocycles. The first-order chi connectivity index (χ1) is 10.0. The molecule has 0 amide bonds. The third kappa shape index (κ3) is 4.34. The van der Waals surface area contributed by atoms with Crippen LogP contribution in [0.5, 0.6) is 0 Å². The second-order valence-corrected chi connectivity index (χ2v) is 4.89. The average Bonchev–Trinajstić information content (AvgIpc) is 2.47. The van der Waals surface area contributed by atoms with E-state index in [0.717, 1.165) is 38.8 Å². The molecule has 1 aromatic carbocycles. The second-order valence-electron chi connectivity index (χ2n) is 4.89.